The normalized spacial score (nSPS) is 21.7. The monoisotopic (exact) mass is 424 g/mol. The molecule has 3 heterocycles. The van der Waals surface area contributed by atoms with Crippen LogP contribution in [-0.4, -0.2) is 75.5 Å². The smallest absolute Gasteiger partial charge is 0.262 e. The van der Waals surface area contributed by atoms with Crippen LogP contribution in [0, 0.1) is 5.92 Å². The fourth-order valence-corrected chi connectivity index (χ4v) is 5.13. The number of hydrogen-bond donors (Lipinski definition) is 2. The highest BCUT2D eigenvalue weighted by Gasteiger charge is 2.33. The maximum atomic E-state index is 13.0. The summed E-state index contributed by atoms with van der Waals surface area (Å²) in [6, 6.07) is 4.42. The highest BCUT2D eigenvalue weighted by atomic mass is 32.2. The minimum absolute atomic E-state index is 0.0677. The van der Waals surface area contributed by atoms with Crippen molar-refractivity contribution in [3.05, 3.63) is 18.2 Å². The van der Waals surface area contributed by atoms with Crippen molar-refractivity contribution in [3.63, 3.8) is 0 Å². The van der Waals surface area contributed by atoms with Crippen molar-refractivity contribution in [2.75, 3.05) is 51.3 Å². The van der Waals surface area contributed by atoms with E-state index in [0.717, 1.165) is 0 Å². The molecule has 0 bridgehead atoms. The zero-order valence-electron chi connectivity index (χ0n) is 15.9. The van der Waals surface area contributed by atoms with Crippen molar-refractivity contribution in [1.82, 2.24) is 14.7 Å². The molecule has 1 aromatic rings. The van der Waals surface area contributed by atoms with Gasteiger partial charge >= 0.3 is 0 Å². The number of ether oxygens (including phenoxy) is 2. The van der Waals surface area contributed by atoms with Crippen LogP contribution in [0.2, 0.25) is 0 Å². The van der Waals surface area contributed by atoms with Crippen LogP contribution in [0.15, 0.2) is 23.1 Å². The summed E-state index contributed by atoms with van der Waals surface area (Å²) in [6.45, 7) is 2.90. The lowest BCUT2D eigenvalue weighted by atomic mass is 9.97. The second-order valence-corrected chi connectivity index (χ2v) is 9.19. The van der Waals surface area contributed by atoms with Crippen LogP contribution in [0.5, 0.6) is 5.75 Å². The molecule has 0 aliphatic carbocycles. The van der Waals surface area contributed by atoms with Crippen molar-refractivity contribution >= 4 is 27.5 Å². The Morgan fingerprint density at radius 3 is 2.59 bits per heavy atom. The van der Waals surface area contributed by atoms with E-state index in [1.807, 2.05) is 5.01 Å². The minimum Gasteiger partial charge on any atom is -0.482 e. The summed E-state index contributed by atoms with van der Waals surface area (Å²) in [5, 5.41) is 4.49. The molecule has 3 aliphatic heterocycles. The lowest BCUT2D eigenvalue weighted by Gasteiger charge is -2.33. The van der Waals surface area contributed by atoms with Crippen LogP contribution >= 0.6 is 0 Å². The first kappa shape index (κ1) is 20.1. The van der Waals surface area contributed by atoms with Crippen LogP contribution in [0.3, 0.4) is 0 Å². The van der Waals surface area contributed by atoms with Crippen molar-refractivity contribution in [3.8, 4) is 5.75 Å². The quantitative estimate of drug-likeness (QED) is 0.686. The molecule has 1 aromatic carbocycles. The summed E-state index contributed by atoms with van der Waals surface area (Å²) in [6.07, 6.45) is 0.930. The Hall–Kier alpha value is -2.21. The zero-order valence-corrected chi connectivity index (χ0v) is 16.7. The number of carbonyl (C=O) groups excluding carboxylic acids is 2. The Morgan fingerprint density at radius 1 is 1.14 bits per heavy atom. The van der Waals surface area contributed by atoms with Crippen molar-refractivity contribution in [1.29, 1.82) is 0 Å². The minimum atomic E-state index is -3.70. The van der Waals surface area contributed by atoms with Crippen LogP contribution in [-0.2, 0) is 24.3 Å². The second-order valence-electron chi connectivity index (χ2n) is 7.25. The van der Waals surface area contributed by atoms with E-state index in [4.69, 9.17) is 9.47 Å². The highest BCUT2D eigenvalue weighted by Crippen LogP contribution is 2.32. The topological polar surface area (TPSA) is 117 Å². The first-order valence-corrected chi connectivity index (χ1v) is 11.1. The molecule has 0 aromatic heterocycles. The maximum absolute atomic E-state index is 13.0. The Labute approximate surface area is 169 Å². The van der Waals surface area contributed by atoms with Gasteiger partial charge in [0.1, 0.15) is 5.75 Å². The van der Waals surface area contributed by atoms with Crippen molar-refractivity contribution in [2.45, 2.75) is 17.7 Å². The molecule has 0 spiro atoms. The molecule has 158 valence electrons. The summed E-state index contributed by atoms with van der Waals surface area (Å²) in [4.78, 5) is 23.9. The zero-order chi connectivity index (χ0) is 20.4. The third-order valence-electron chi connectivity index (χ3n) is 5.33. The van der Waals surface area contributed by atoms with Gasteiger partial charge in [0.05, 0.1) is 23.8 Å². The van der Waals surface area contributed by atoms with E-state index >= 15 is 0 Å². The van der Waals surface area contributed by atoms with Gasteiger partial charge < -0.3 is 14.8 Å². The summed E-state index contributed by atoms with van der Waals surface area (Å²) < 4.78 is 38.0. The molecular weight excluding hydrogens is 400 g/mol. The Balaban J connectivity index is 1.37. The lowest BCUT2D eigenvalue weighted by molar-refractivity contribution is -0.133. The Kier molecular flexibility index (Phi) is 5.72. The van der Waals surface area contributed by atoms with Crippen LogP contribution in [0.1, 0.15) is 12.8 Å². The first-order valence-electron chi connectivity index (χ1n) is 9.63. The predicted molar refractivity (Wildman–Crippen MR) is 103 cm³/mol. The fourth-order valence-electron chi connectivity index (χ4n) is 3.65. The van der Waals surface area contributed by atoms with Gasteiger partial charge in [-0.2, -0.15) is 4.31 Å². The number of nitrogens with one attached hydrogen (secondary N) is 2. The van der Waals surface area contributed by atoms with Crippen molar-refractivity contribution < 1.29 is 27.5 Å². The molecule has 3 aliphatic rings. The summed E-state index contributed by atoms with van der Waals surface area (Å²) in [7, 11) is -3.70. The molecule has 0 saturated carbocycles. The number of hydrazine groups is 1. The number of carbonyl (C=O) groups is 2. The number of rotatable bonds is 4. The van der Waals surface area contributed by atoms with Gasteiger partial charge in [0, 0.05) is 38.2 Å². The van der Waals surface area contributed by atoms with Gasteiger partial charge in [0.15, 0.2) is 6.61 Å². The van der Waals surface area contributed by atoms with E-state index in [1.165, 1.54) is 22.5 Å². The number of sulfonamides is 1. The van der Waals surface area contributed by atoms with E-state index in [0.29, 0.717) is 50.6 Å². The van der Waals surface area contributed by atoms with Crippen LogP contribution < -0.4 is 15.5 Å². The summed E-state index contributed by atoms with van der Waals surface area (Å²) >= 11 is 0. The lowest BCUT2D eigenvalue weighted by Crippen LogP contribution is -2.51. The first-order chi connectivity index (χ1) is 13.9. The van der Waals surface area contributed by atoms with E-state index in [9.17, 15) is 18.0 Å². The molecule has 10 nitrogen and oxygen atoms in total. The maximum Gasteiger partial charge on any atom is 0.262 e. The highest BCUT2D eigenvalue weighted by molar-refractivity contribution is 7.89. The number of hydrogen-bond acceptors (Lipinski definition) is 7. The van der Waals surface area contributed by atoms with Crippen LogP contribution in [0.4, 0.5) is 5.69 Å². The molecule has 2 N–H and O–H groups in total. The van der Waals surface area contributed by atoms with Gasteiger partial charge in [-0.1, -0.05) is 0 Å². The van der Waals surface area contributed by atoms with Gasteiger partial charge in [0.25, 0.3) is 5.91 Å². The van der Waals surface area contributed by atoms with Gasteiger partial charge in [0.2, 0.25) is 15.9 Å². The number of nitrogens with zero attached hydrogens (tertiary/aromatic N) is 2. The summed E-state index contributed by atoms with van der Waals surface area (Å²) in [5.41, 5.74) is 3.36. The molecule has 2 amide bonds. The number of morpholine rings is 1. The Morgan fingerprint density at radius 2 is 1.86 bits per heavy atom. The molecule has 0 radical (unpaired) electrons. The SMILES string of the molecule is O=C1COc2cc(S(=O)(=O)N3CCC(C(=O)NN4CCOCC4)CC3)ccc2N1. The standard InChI is InChI=1S/C18H24N4O6S/c23-17-12-28-16-11-14(1-2-15(16)19-17)29(25,26)22-5-3-13(4-6-22)18(24)20-21-7-9-27-10-8-21/h1-2,11,13H,3-10,12H2,(H,19,23)(H,20,24). The molecule has 11 heteroatoms. The van der Waals surface area contributed by atoms with E-state index < -0.39 is 10.0 Å². The molecule has 0 unspecified atom stereocenters. The van der Waals surface area contributed by atoms with Crippen LogP contribution in [0.25, 0.3) is 0 Å². The van der Waals surface area contributed by atoms with E-state index in [1.54, 1.807) is 0 Å². The molecule has 2 saturated heterocycles. The average molecular weight is 424 g/mol. The summed E-state index contributed by atoms with van der Waals surface area (Å²) in [5.74, 6) is -0.218. The number of amides is 2. The van der Waals surface area contributed by atoms with Gasteiger partial charge in [-0.15, -0.1) is 0 Å². The number of piperidine rings is 1. The van der Waals surface area contributed by atoms with Gasteiger partial charge in [-0.3, -0.25) is 15.0 Å². The largest absolute Gasteiger partial charge is 0.482 e. The molecule has 29 heavy (non-hydrogen) atoms. The van der Waals surface area contributed by atoms with Gasteiger partial charge in [-0.25, -0.2) is 13.4 Å². The van der Waals surface area contributed by atoms with Crippen molar-refractivity contribution in [2.24, 2.45) is 5.92 Å². The predicted octanol–water partition coefficient (Wildman–Crippen LogP) is -0.218. The molecule has 4 rings (SSSR count). The fraction of sp³-hybridized carbons (Fsp3) is 0.556. The number of benzene rings is 1. The molecular formula is C18H24N4O6S. The Bertz CT molecular complexity index is 892. The number of anilines is 1. The van der Waals surface area contributed by atoms with Gasteiger partial charge in [-0.05, 0) is 25.0 Å². The number of fused-ring (bicyclic) bond motifs is 1. The second kappa shape index (κ2) is 8.27. The van der Waals surface area contributed by atoms with E-state index in [2.05, 4.69) is 10.7 Å². The average Bonchev–Trinajstić information content (AvgIpc) is 2.74. The third-order valence-corrected chi connectivity index (χ3v) is 7.22. The van der Waals surface area contributed by atoms with E-state index in [-0.39, 0.29) is 42.3 Å². The molecule has 2 fully saturated rings. The molecule has 0 atom stereocenters. The third kappa shape index (κ3) is 4.37.